The van der Waals surface area contributed by atoms with Crippen molar-refractivity contribution >= 4 is 11.6 Å². The molecule has 0 aliphatic heterocycles. The molecule has 0 spiro atoms. The SMILES string of the molecule is CC(C)(C)Cc1cnn(Cc2ccc(Cl)cc2)c1. The van der Waals surface area contributed by atoms with E-state index < -0.39 is 0 Å². The molecule has 1 heterocycles. The summed E-state index contributed by atoms with van der Waals surface area (Å²) in [6.45, 7) is 7.51. The third-order valence-corrected chi connectivity index (χ3v) is 2.93. The Hall–Kier alpha value is -1.28. The average molecular weight is 263 g/mol. The van der Waals surface area contributed by atoms with Crippen LogP contribution >= 0.6 is 11.6 Å². The number of hydrogen-bond acceptors (Lipinski definition) is 1. The van der Waals surface area contributed by atoms with Crippen LogP contribution in [0.15, 0.2) is 36.7 Å². The zero-order valence-corrected chi connectivity index (χ0v) is 11.9. The van der Waals surface area contributed by atoms with Gasteiger partial charge in [-0.25, -0.2) is 0 Å². The lowest BCUT2D eigenvalue weighted by Crippen LogP contribution is -2.08. The molecule has 0 saturated carbocycles. The first-order chi connectivity index (χ1) is 8.42. The summed E-state index contributed by atoms with van der Waals surface area (Å²) in [5, 5.41) is 5.17. The number of halogens is 1. The molecular weight excluding hydrogens is 244 g/mol. The third-order valence-electron chi connectivity index (χ3n) is 2.68. The number of aromatic nitrogens is 2. The predicted octanol–water partition coefficient (Wildman–Crippen LogP) is 4.17. The highest BCUT2D eigenvalue weighted by Gasteiger charge is 2.12. The van der Waals surface area contributed by atoms with Gasteiger partial charge in [0.1, 0.15) is 0 Å². The highest BCUT2D eigenvalue weighted by molar-refractivity contribution is 6.30. The molecule has 3 heteroatoms. The van der Waals surface area contributed by atoms with Crippen molar-refractivity contribution in [2.45, 2.75) is 33.7 Å². The van der Waals surface area contributed by atoms with Gasteiger partial charge in [0.05, 0.1) is 12.7 Å². The Morgan fingerprint density at radius 1 is 1.11 bits per heavy atom. The van der Waals surface area contributed by atoms with Crippen molar-refractivity contribution in [1.29, 1.82) is 0 Å². The van der Waals surface area contributed by atoms with Crippen molar-refractivity contribution in [2.75, 3.05) is 0 Å². The molecule has 0 fully saturated rings. The Morgan fingerprint density at radius 2 is 1.78 bits per heavy atom. The number of hydrogen-bond donors (Lipinski definition) is 0. The molecule has 18 heavy (non-hydrogen) atoms. The first kappa shape index (κ1) is 13.2. The second-order valence-electron chi connectivity index (χ2n) is 5.91. The average Bonchev–Trinajstić information content (AvgIpc) is 2.66. The summed E-state index contributed by atoms with van der Waals surface area (Å²) in [6.07, 6.45) is 5.13. The Kier molecular flexibility index (Phi) is 3.76. The largest absolute Gasteiger partial charge is 0.268 e. The summed E-state index contributed by atoms with van der Waals surface area (Å²) in [6, 6.07) is 7.90. The Morgan fingerprint density at radius 3 is 2.39 bits per heavy atom. The van der Waals surface area contributed by atoms with Crippen LogP contribution in [-0.4, -0.2) is 9.78 Å². The van der Waals surface area contributed by atoms with Crippen molar-refractivity contribution in [2.24, 2.45) is 5.41 Å². The van der Waals surface area contributed by atoms with E-state index in [4.69, 9.17) is 11.6 Å². The zero-order chi connectivity index (χ0) is 13.2. The molecule has 96 valence electrons. The van der Waals surface area contributed by atoms with Crippen LogP contribution in [0.2, 0.25) is 5.02 Å². The van der Waals surface area contributed by atoms with Gasteiger partial charge in [-0.05, 0) is 35.1 Å². The molecule has 0 bridgehead atoms. The molecule has 0 unspecified atom stereocenters. The highest BCUT2D eigenvalue weighted by Crippen LogP contribution is 2.20. The van der Waals surface area contributed by atoms with Crippen LogP contribution in [0.3, 0.4) is 0 Å². The van der Waals surface area contributed by atoms with E-state index >= 15 is 0 Å². The molecule has 0 radical (unpaired) electrons. The summed E-state index contributed by atoms with van der Waals surface area (Å²) < 4.78 is 1.98. The number of benzene rings is 1. The Labute approximate surface area is 114 Å². The molecular formula is C15H19ClN2. The fourth-order valence-electron chi connectivity index (χ4n) is 1.97. The van der Waals surface area contributed by atoms with E-state index in [-0.39, 0.29) is 0 Å². The zero-order valence-electron chi connectivity index (χ0n) is 11.2. The maximum atomic E-state index is 5.87. The van der Waals surface area contributed by atoms with Crippen LogP contribution in [0.1, 0.15) is 31.9 Å². The first-order valence-corrected chi connectivity index (χ1v) is 6.56. The molecule has 0 aliphatic rings. The van der Waals surface area contributed by atoms with Gasteiger partial charge < -0.3 is 0 Å². The lowest BCUT2D eigenvalue weighted by molar-refractivity contribution is 0.411. The van der Waals surface area contributed by atoms with E-state index in [0.29, 0.717) is 5.41 Å². The van der Waals surface area contributed by atoms with E-state index in [1.165, 1.54) is 11.1 Å². The molecule has 0 amide bonds. The lowest BCUT2D eigenvalue weighted by Gasteiger charge is -2.16. The second kappa shape index (κ2) is 5.15. The second-order valence-corrected chi connectivity index (χ2v) is 6.35. The fraction of sp³-hybridized carbons (Fsp3) is 0.400. The summed E-state index contributed by atoms with van der Waals surface area (Å²) in [5.41, 5.74) is 2.80. The smallest absolute Gasteiger partial charge is 0.0659 e. The summed E-state index contributed by atoms with van der Waals surface area (Å²) in [7, 11) is 0. The van der Waals surface area contributed by atoms with E-state index in [1.807, 2.05) is 35.1 Å². The Balaban J connectivity index is 2.04. The molecule has 2 aromatic rings. The van der Waals surface area contributed by atoms with Crippen molar-refractivity contribution in [1.82, 2.24) is 9.78 Å². The van der Waals surface area contributed by atoms with Gasteiger partial charge in [0.2, 0.25) is 0 Å². The van der Waals surface area contributed by atoms with Crippen LogP contribution in [0.25, 0.3) is 0 Å². The first-order valence-electron chi connectivity index (χ1n) is 6.18. The number of rotatable bonds is 3. The van der Waals surface area contributed by atoms with Gasteiger partial charge in [-0.15, -0.1) is 0 Å². The molecule has 0 aliphatic carbocycles. The van der Waals surface area contributed by atoms with E-state index in [9.17, 15) is 0 Å². The van der Waals surface area contributed by atoms with Gasteiger partial charge in [-0.2, -0.15) is 5.10 Å². The predicted molar refractivity (Wildman–Crippen MR) is 75.9 cm³/mol. The van der Waals surface area contributed by atoms with Gasteiger partial charge in [-0.1, -0.05) is 44.5 Å². The minimum absolute atomic E-state index is 0.300. The summed E-state index contributed by atoms with van der Waals surface area (Å²) in [4.78, 5) is 0. The fourth-order valence-corrected chi connectivity index (χ4v) is 2.10. The highest BCUT2D eigenvalue weighted by atomic mass is 35.5. The standard InChI is InChI=1S/C15H19ClN2/c1-15(2,3)8-13-9-17-18(11-13)10-12-4-6-14(16)7-5-12/h4-7,9,11H,8,10H2,1-3H3. The quantitative estimate of drug-likeness (QED) is 0.812. The molecule has 1 aromatic heterocycles. The molecule has 0 saturated heterocycles. The molecule has 0 N–H and O–H groups in total. The topological polar surface area (TPSA) is 17.8 Å². The van der Waals surface area contributed by atoms with Gasteiger partial charge in [0, 0.05) is 11.2 Å². The van der Waals surface area contributed by atoms with Crippen LogP contribution in [0.4, 0.5) is 0 Å². The molecule has 2 rings (SSSR count). The number of nitrogens with zero attached hydrogens (tertiary/aromatic N) is 2. The van der Waals surface area contributed by atoms with Crippen molar-refractivity contribution < 1.29 is 0 Å². The van der Waals surface area contributed by atoms with Crippen LogP contribution < -0.4 is 0 Å². The maximum absolute atomic E-state index is 5.87. The minimum Gasteiger partial charge on any atom is -0.268 e. The van der Waals surface area contributed by atoms with Crippen LogP contribution in [0, 0.1) is 5.41 Å². The van der Waals surface area contributed by atoms with Crippen LogP contribution in [0.5, 0.6) is 0 Å². The molecule has 1 aromatic carbocycles. The summed E-state index contributed by atoms with van der Waals surface area (Å²) >= 11 is 5.87. The molecule has 2 nitrogen and oxygen atoms in total. The summed E-state index contributed by atoms with van der Waals surface area (Å²) in [5.74, 6) is 0. The van der Waals surface area contributed by atoms with Gasteiger partial charge in [-0.3, -0.25) is 4.68 Å². The van der Waals surface area contributed by atoms with Crippen molar-refractivity contribution in [3.05, 3.63) is 52.8 Å². The van der Waals surface area contributed by atoms with E-state index in [0.717, 1.165) is 18.0 Å². The monoisotopic (exact) mass is 262 g/mol. The molecule has 0 atom stereocenters. The van der Waals surface area contributed by atoms with Crippen molar-refractivity contribution in [3.63, 3.8) is 0 Å². The van der Waals surface area contributed by atoms with Gasteiger partial charge >= 0.3 is 0 Å². The maximum Gasteiger partial charge on any atom is 0.0659 e. The normalized spacial score (nSPS) is 11.8. The van der Waals surface area contributed by atoms with E-state index in [1.54, 1.807) is 0 Å². The minimum atomic E-state index is 0.300. The lowest BCUT2D eigenvalue weighted by atomic mass is 9.89. The Bertz CT molecular complexity index is 506. The van der Waals surface area contributed by atoms with Gasteiger partial charge in [0.25, 0.3) is 0 Å². The van der Waals surface area contributed by atoms with E-state index in [2.05, 4.69) is 32.1 Å². The van der Waals surface area contributed by atoms with Gasteiger partial charge in [0.15, 0.2) is 0 Å². The van der Waals surface area contributed by atoms with Crippen LogP contribution in [-0.2, 0) is 13.0 Å². The third kappa shape index (κ3) is 3.88. The van der Waals surface area contributed by atoms with Crippen molar-refractivity contribution in [3.8, 4) is 0 Å².